The minimum Gasteiger partial charge on any atom is -0.329 e. The normalized spacial score (nSPS) is 10.6. The molecule has 3 N–H and O–H groups in total. The smallest absolute Gasteiger partial charge is 0.234 e. The minimum atomic E-state index is -0.104. The van der Waals surface area contributed by atoms with E-state index in [4.69, 9.17) is 5.73 Å². The molecule has 7 nitrogen and oxygen atoms in total. The number of carbonyl (C=O) groups is 1. The number of hydrogen-bond donors (Lipinski definition) is 2. The van der Waals surface area contributed by atoms with Gasteiger partial charge in [0.2, 0.25) is 11.1 Å². The topological polar surface area (TPSA) is 98.7 Å². The zero-order chi connectivity index (χ0) is 15.2. The van der Waals surface area contributed by atoms with Crippen LogP contribution in [0.3, 0.4) is 0 Å². The van der Waals surface area contributed by atoms with Gasteiger partial charge in [-0.25, -0.2) is 4.68 Å². The minimum absolute atomic E-state index is 0.104. The van der Waals surface area contributed by atoms with Gasteiger partial charge >= 0.3 is 0 Å². The molecule has 21 heavy (non-hydrogen) atoms. The molecule has 0 aliphatic rings. The number of thioether (sulfide) groups is 1. The Hall–Kier alpha value is -1.45. The van der Waals surface area contributed by atoms with E-state index in [1.165, 1.54) is 11.8 Å². The van der Waals surface area contributed by atoms with Crippen molar-refractivity contribution in [2.24, 2.45) is 5.73 Å². The van der Waals surface area contributed by atoms with E-state index in [1.54, 1.807) is 4.68 Å². The van der Waals surface area contributed by atoms with Crippen LogP contribution in [0.2, 0.25) is 0 Å². The highest BCUT2D eigenvalue weighted by molar-refractivity contribution is 9.10. The predicted octanol–water partition coefficient (Wildman–Crippen LogP) is 1.43. The predicted molar refractivity (Wildman–Crippen MR) is 85.1 cm³/mol. The van der Waals surface area contributed by atoms with E-state index in [9.17, 15) is 4.79 Å². The van der Waals surface area contributed by atoms with Gasteiger partial charge in [0.1, 0.15) is 0 Å². The van der Waals surface area contributed by atoms with Crippen LogP contribution in [0.15, 0.2) is 27.8 Å². The Morgan fingerprint density at radius 2 is 2.33 bits per heavy atom. The lowest BCUT2D eigenvalue weighted by atomic mass is 10.2. The van der Waals surface area contributed by atoms with Gasteiger partial charge in [0, 0.05) is 16.7 Å². The molecular formula is C12H15BrN6OS. The molecule has 0 saturated heterocycles. The number of carbonyl (C=O) groups excluding carboxylic acids is 1. The highest BCUT2D eigenvalue weighted by Gasteiger charge is 2.10. The molecule has 0 bridgehead atoms. The maximum atomic E-state index is 12.0. The number of aromatic nitrogens is 4. The van der Waals surface area contributed by atoms with E-state index in [2.05, 4.69) is 36.8 Å². The van der Waals surface area contributed by atoms with Crippen LogP contribution in [-0.2, 0) is 11.3 Å². The van der Waals surface area contributed by atoms with Crippen molar-refractivity contribution in [2.75, 3.05) is 17.6 Å². The van der Waals surface area contributed by atoms with Gasteiger partial charge in [-0.2, -0.15) is 0 Å². The number of anilines is 1. The van der Waals surface area contributed by atoms with Crippen LogP contribution in [0.25, 0.3) is 0 Å². The first-order valence-corrected chi connectivity index (χ1v) is 8.03. The first kappa shape index (κ1) is 15.9. The van der Waals surface area contributed by atoms with Crippen LogP contribution in [0, 0.1) is 6.92 Å². The largest absolute Gasteiger partial charge is 0.329 e. The molecule has 0 saturated carbocycles. The third kappa shape index (κ3) is 4.51. The van der Waals surface area contributed by atoms with Crippen molar-refractivity contribution >= 4 is 39.3 Å². The van der Waals surface area contributed by atoms with Crippen molar-refractivity contribution in [3.63, 3.8) is 0 Å². The molecule has 0 aliphatic heterocycles. The van der Waals surface area contributed by atoms with Gasteiger partial charge in [-0.05, 0) is 41.1 Å². The van der Waals surface area contributed by atoms with Crippen molar-refractivity contribution in [1.29, 1.82) is 0 Å². The summed E-state index contributed by atoms with van der Waals surface area (Å²) in [6, 6.07) is 5.70. The number of halogens is 1. The zero-order valence-corrected chi connectivity index (χ0v) is 13.8. The average molecular weight is 371 g/mol. The number of amides is 1. The number of hydrogen-bond acceptors (Lipinski definition) is 6. The molecule has 2 aromatic rings. The second-order valence-corrected chi connectivity index (χ2v) is 6.13. The summed E-state index contributed by atoms with van der Waals surface area (Å²) in [5.41, 5.74) is 7.26. The summed E-state index contributed by atoms with van der Waals surface area (Å²) in [7, 11) is 0. The molecule has 1 aromatic heterocycles. The fourth-order valence-electron chi connectivity index (χ4n) is 1.65. The lowest BCUT2D eigenvalue weighted by Crippen LogP contribution is -2.16. The highest BCUT2D eigenvalue weighted by Crippen LogP contribution is 2.21. The summed E-state index contributed by atoms with van der Waals surface area (Å²) in [5, 5.41) is 14.7. The van der Waals surface area contributed by atoms with Crippen molar-refractivity contribution in [3.8, 4) is 0 Å². The Morgan fingerprint density at radius 1 is 1.52 bits per heavy atom. The lowest BCUT2D eigenvalue weighted by Gasteiger charge is -2.08. The molecule has 0 fully saturated rings. The monoisotopic (exact) mass is 370 g/mol. The molecule has 2 rings (SSSR count). The fraction of sp³-hybridized carbons (Fsp3) is 0.333. The fourth-order valence-corrected chi connectivity index (χ4v) is 2.83. The van der Waals surface area contributed by atoms with Crippen LogP contribution < -0.4 is 11.1 Å². The molecule has 0 atom stereocenters. The third-order valence-corrected chi connectivity index (χ3v) is 4.09. The summed E-state index contributed by atoms with van der Waals surface area (Å²) in [6.07, 6.45) is 0. The molecule has 1 aromatic carbocycles. The Balaban J connectivity index is 1.91. The molecule has 1 amide bonds. The molecular weight excluding hydrogens is 356 g/mol. The molecule has 9 heteroatoms. The van der Waals surface area contributed by atoms with Crippen molar-refractivity contribution < 1.29 is 4.79 Å². The Labute approximate surface area is 134 Å². The molecule has 112 valence electrons. The Kier molecular flexibility index (Phi) is 5.71. The summed E-state index contributed by atoms with van der Waals surface area (Å²) in [5.74, 6) is 0.133. The maximum Gasteiger partial charge on any atom is 0.234 e. The average Bonchev–Trinajstić information content (AvgIpc) is 2.88. The van der Waals surface area contributed by atoms with Gasteiger partial charge in [0.25, 0.3) is 0 Å². The van der Waals surface area contributed by atoms with E-state index in [1.807, 2.05) is 25.1 Å². The number of benzene rings is 1. The van der Waals surface area contributed by atoms with E-state index in [0.29, 0.717) is 18.2 Å². The van der Waals surface area contributed by atoms with E-state index in [0.717, 1.165) is 15.7 Å². The van der Waals surface area contributed by atoms with Gasteiger partial charge in [-0.3, -0.25) is 4.79 Å². The summed E-state index contributed by atoms with van der Waals surface area (Å²) < 4.78 is 2.57. The Bertz CT molecular complexity index is 632. The zero-order valence-electron chi connectivity index (χ0n) is 11.4. The van der Waals surface area contributed by atoms with Gasteiger partial charge in [-0.15, -0.1) is 5.10 Å². The summed E-state index contributed by atoms with van der Waals surface area (Å²) in [4.78, 5) is 12.0. The van der Waals surface area contributed by atoms with Crippen LogP contribution in [0.1, 0.15) is 5.56 Å². The summed E-state index contributed by atoms with van der Waals surface area (Å²) in [6.45, 7) is 2.92. The van der Waals surface area contributed by atoms with E-state index in [-0.39, 0.29) is 11.7 Å². The number of rotatable bonds is 6. The highest BCUT2D eigenvalue weighted by atomic mass is 79.9. The van der Waals surface area contributed by atoms with Crippen molar-refractivity contribution in [3.05, 3.63) is 28.2 Å². The molecule has 0 radical (unpaired) electrons. The van der Waals surface area contributed by atoms with Crippen LogP contribution in [0.4, 0.5) is 5.69 Å². The number of aryl methyl sites for hydroxylation is 1. The van der Waals surface area contributed by atoms with Gasteiger partial charge in [-0.1, -0.05) is 27.7 Å². The standard InChI is InChI=1S/C12H15BrN6OS/c1-8-6-9(13)2-3-10(8)15-11(20)7-21-12-16-17-18-19(12)5-4-14/h2-3,6H,4-5,7,14H2,1H3,(H,15,20). The number of nitrogens with two attached hydrogens (primary N) is 1. The van der Waals surface area contributed by atoms with E-state index >= 15 is 0 Å². The first-order chi connectivity index (χ1) is 10.1. The molecule has 1 heterocycles. The van der Waals surface area contributed by atoms with Crippen LogP contribution >= 0.6 is 27.7 Å². The SMILES string of the molecule is Cc1cc(Br)ccc1NC(=O)CSc1nnnn1CCN. The van der Waals surface area contributed by atoms with Gasteiger partial charge in [0.05, 0.1) is 12.3 Å². The maximum absolute atomic E-state index is 12.0. The first-order valence-electron chi connectivity index (χ1n) is 6.25. The van der Waals surface area contributed by atoms with Crippen molar-refractivity contribution in [1.82, 2.24) is 20.2 Å². The van der Waals surface area contributed by atoms with Gasteiger partial charge in [0.15, 0.2) is 0 Å². The van der Waals surface area contributed by atoms with Crippen LogP contribution in [-0.4, -0.2) is 38.4 Å². The number of nitrogens with one attached hydrogen (secondary N) is 1. The number of nitrogens with zero attached hydrogens (tertiary/aromatic N) is 4. The third-order valence-electron chi connectivity index (χ3n) is 2.63. The second-order valence-electron chi connectivity index (χ2n) is 4.27. The lowest BCUT2D eigenvalue weighted by molar-refractivity contribution is -0.113. The van der Waals surface area contributed by atoms with Gasteiger partial charge < -0.3 is 11.1 Å². The Morgan fingerprint density at radius 3 is 3.05 bits per heavy atom. The van der Waals surface area contributed by atoms with E-state index < -0.39 is 0 Å². The summed E-state index contributed by atoms with van der Waals surface area (Å²) >= 11 is 4.67. The molecule has 0 aliphatic carbocycles. The molecule has 0 unspecified atom stereocenters. The second kappa shape index (κ2) is 7.53. The van der Waals surface area contributed by atoms with Crippen LogP contribution in [0.5, 0.6) is 0 Å². The number of tetrazole rings is 1. The quantitative estimate of drug-likeness (QED) is 0.746. The molecule has 0 spiro atoms. The van der Waals surface area contributed by atoms with Crippen molar-refractivity contribution in [2.45, 2.75) is 18.6 Å².